The Morgan fingerprint density at radius 2 is 0.814 bits per heavy atom. The van der Waals surface area contributed by atoms with Crippen molar-refractivity contribution in [3.05, 3.63) is 176 Å². The molecule has 113 heavy (non-hydrogen) atoms. The summed E-state index contributed by atoms with van der Waals surface area (Å²) in [7, 11) is 3.76. The summed E-state index contributed by atoms with van der Waals surface area (Å²) in [4.78, 5) is 120. The molecule has 6 aliphatic rings. The number of aliphatic imine (C=N–C) groups is 2. The molecule has 8 heterocycles. The first kappa shape index (κ1) is 91.2. The number of carboxylic acid groups (broad SMARTS) is 1. The molecule has 4 saturated heterocycles. The number of carboxylic acids is 1. The number of alkyl carbamates (subject to hydrolysis) is 3. The van der Waals surface area contributed by atoms with Crippen molar-refractivity contribution >= 4 is 169 Å². The second-order valence-electron chi connectivity index (χ2n) is 30.1. The first-order valence-corrected chi connectivity index (χ1v) is 37.7. The van der Waals surface area contributed by atoms with Crippen molar-refractivity contribution in [2.75, 3.05) is 47.5 Å². The number of fused-ring (bicyclic) bond motifs is 4. The minimum absolute atomic E-state index is 0. The highest BCUT2D eigenvalue weighted by molar-refractivity contribution is 7.60. The topological polar surface area (TPSA) is 307 Å². The summed E-state index contributed by atoms with van der Waals surface area (Å²) in [6, 6.07) is 36.0. The highest BCUT2D eigenvalue weighted by atomic mass is 32.1. The number of allylic oxidation sites excluding steroid dienone is 2. The number of amides is 5. The van der Waals surface area contributed by atoms with Gasteiger partial charge in [0.25, 0.3) is 0 Å². The lowest BCUT2D eigenvalue weighted by atomic mass is 9.94. The lowest BCUT2D eigenvalue weighted by molar-refractivity contribution is -0.140. The van der Waals surface area contributed by atoms with Crippen LogP contribution in [0, 0.1) is 31.6 Å². The molecule has 0 radical (unpaired) electrons. The molecule has 606 valence electrons. The van der Waals surface area contributed by atoms with Crippen LogP contribution in [-0.4, -0.2) is 150 Å². The van der Waals surface area contributed by atoms with Gasteiger partial charge in [-0.15, -0.1) is 0 Å². The molecule has 6 aromatic carbocycles. The number of nitrogens with one attached hydrogen (secondary N) is 7. The summed E-state index contributed by atoms with van der Waals surface area (Å²) in [5.41, 5.74) is 16.0. The van der Waals surface area contributed by atoms with E-state index < -0.39 is 42.4 Å². The van der Waals surface area contributed by atoms with Crippen molar-refractivity contribution in [1.29, 1.82) is 0 Å². The second kappa shape index (κ2) is 40.3. The Bertz CT molecular complexity index is 5090. The molecule has 2 aromatic heterocycles. The summed E-state index contributed by atoms with van der Waals surface area (Å²) in [6.07, 6.45) is 11.4. The number of benzene rings is 6. The number of rotatable bonds is 17. The average Bonchev–Trinajstić information content (AvgIpc) is 1.76. The Morgan fingerprint density at radius 1 is 0.451 bits per heavy atom. The SMILES string of the molecule is COC(=O)N[C@H](C(=O)N1CCCC1c1[nH]c2cc(-c3ccc4cc(C5=CN=C([C@@H]6CCCN6C(=O)[C@@H](NC(=O)OC)C(C)C)C5)ccc4c3)ccc2c(=O)c1C)C(C)C.COC(=O)N[C@H](C(=O)O)C(C)C.Cc1c(C2CCCN2)[nH]c2cc(-c3ccc4cc(C5=CN=C([C@@H]6CCCN6)C5)ccc4c3)ccc2c1=O.S.S.S.S.S. The molecule has 5 amide bonds. The van der Waals surface area contributed by atoms with Crippen molar-refractivity contribution in [2.24, 2.45) is 27.7 Å². The zero-order chi connectivity index (χ0) is 76.8. The molecule has 8 N–H and O–H groups in total. The van der Waals surface area contributed by atoms with Crippen LogP contribution in [0.1, 0.15) is 151 Å². The lowest BCUT2D eigenvalue weighted by Crippen LogP contribution is -2.53. The van der Waals surface area contributed by atoms with Gasteiger partial charge in [0, 0.05) is 95.1 Å². The summed E-state index contributed by atoms with van der Waals surface area (Å²) >= 11 is 0. The Balaban J connectivity index is 0.000000279. The molecule has 0 saturated carbocycles. The number of hydrogen-bond acceptors (Lipinski definition) is 15. The molecular formula is C85H109N11O12S5. The quantitative estimate of drug-likeness (QED) is 0.0393. The molecule has 28 heteroatoms. The van der Waals surface area contributed by atoms with Gasteiger partial charge in [-0.25, -0.2) is 19.2 Å². The molecular weight excluding hydrogens is 1530 g/mol. The molecule has 4 fully saturated rings. The lowest BCUT2D eigenvalue weighted by Gasteiger charge is -2.31. The van der Waals surface area contributed by atoms with Gasteiger partial charge < -0.3 is 65.7 Å². The van der Waals surface area contributed by atoms with E-state index in [2.05, 4.69) is 132 Å². The van der Waals surface area contributed by atoms with Gasteiger partial charge in [-0.2, -0.15) is 67.5 Å². The number of aliphatic carboxylic acids is 1. The third kappa shape index (κ3) is 20.4. The Kier molecular flexibility index (Phi) is 32.5. The van der Waals surface area contributed by atoms with Crippen LogP contribution in [0.3, 0.4) is 0 Å². The molecule has 0 aliphatic carbocycles. The van der Waals surface area contributed by atoms with Gasteiger partial charge in [-0.1, -0.05) is 102 Å². The molecule has 23 nitrogen and oxygen atoms in total. The fourth-order valence-electron chi connectivity index (χ4n) is 15.8. The van der Waals surface area contributed by atoms with Crippen LogP contribution in [0.2, 0.25) is 0 Å². The van der Waals surface area contributed by atoms with Crippen LogP contribution >= 0.6 is 67.5 Å². The van der Waals surface area contributed by atoms with E-state index in [0.29, 0.717) is 54.1 Å². The number of aromatic nitrogens is 2. The van der Waals surface area contributed by atoms with Crippen LogP contribution in [0.25, 0.3) is 76.8 Å². The van der Waals surface area contributed by atoms with Crippen LogP contribution in [0.5, 0.6) is 0 Å². The zero-order valence-electron chi connectivity index (χ0n) is 65.9. The number of H-pyrrole nitrogens is 2. The molecule has 0 spiro atoms. The van der Waals surface area contributed by atoms with Gasteiger partial charge in [0.1, 0.15) is 18.1 Å². The minimum atomic E-state index is -1.06. The van der Waals surface area contributed by atoms with Crippen LogP contribution < -0.4 is 37.4 Å². The van der Waals surface area contributed by atoms with Gasteiger partial charge in [0.15, 0.2) is 10.9 Å². The average molecular weight is 1640 g/mol. The number of carbonyl (C=O) groups is 6. The molecule has 0 bridgehead atoms. The highest BCUT2D eigenvalue weighted by Crippen LogP contribution is 2.38. The van der Waals surface area contributed by atoms with Crippen LogP contribution in [0.15, 0.2) is 141 Å². The van der Waals surface area contributed by atoms with E-state index in [1.54, 1.807) is 25.7 Å². The minimum Gasteiger partial charge on any atom is -0.480 e. The van der Waals surface area contributed by atoms with Gasteiger partial charge in [-0.05, 0) is 211 Å². The molecule has 8 aromatic rings. The molecule has 14 rings (SSSR count). The highest BCUT2D eigenvalue weighted by Gasteiger charge is 2.40. The standard InChI is InChI=1S/C46H54N6O7.C32H32N4O.C7H13NO4.5H2S/c1-25(2)39(49-45(56)58-6)43(54)51-18-8-10-37(51)36-23-33(24-47-36)31-15-14-28-20-30(13-12-29(28)21-31)32-16-17-34-35(22-32)48-41(27(5)42(34)53)38-11-9-19-52(38)44(55)40(26(3)4)50-46(57)59-7;1-19-31(28-5-3-13-34-28)36-29-16-24(10-11-26(29)32(19)37)22-7-6-21-15-23(9-8-20(21)14-22)25-17-30(35-18-25)27-4-2-12-33-27;1-4(2)5(6(9)10)8-7(11)12-3;;;;;/h12-17,20-22,24-26,37-40H,8-11,18-19,23H2,1-7H3,(H,48,53)(H,49,56)(H,50,57);6-11,14-16,18,27-28,33-34H,2-5,12-13,17H2,1H3,(H,36,37);4-5H,1-3H3,(H,8,11)(H,9,10);5*1H2/t37-,38?,39-,40-;27-,28?;5-;;;;;/m000...../s1. The Labute approximate surface area is 694 Å². The van der Waals surface area contributed by atoms with Crippen molar-refractivity contribution in [2.45, 2.75) is 162 Å². The van der Waals surface area contributed by atoms with Crippen molar-refractivity contribution in [1.82, 2.24) is 46.4 Å². The number of aromatic amines is 2. The van der Waals surface area contributed by atoms with E-state index in [1.807, 2.05) is 70.0 Å². The van der Waals surface area contributed by atoms with Crippen molar-refractivity contribution in [3.8, 4) is 22.3 Å². The maximum Gasteiger partial charge on any atom is 0.407 e. The van der Waals surface area contributed by atoms with Gasteiger partial charge >= 0.3 is 24.2 Å². The van der Waals surface area contributed by atoms with Crippen LogP contribution in [-0.2, 0) is 28.6 Å². The zero-order valence-corrected chi connectivity index (χ0v) is 70.9. The van der Waals surface area contributed by atoms with Gasteiger partial charge in [0.2, 0.25) is 11.8 Å². The largest absolute Gasteiger partial charge is 0.480 e. The van der Waals surface area contributed by atoms with Crippen LogP contribution in [0.4, 0.5) is 14.4 Å². The van der Waals surface area contributed by atoms with E-state index in [1.165, 1.54) is 61.8 Å². The Hall–Kier alpha value is -9.03. The van der Waals surface area contributed by atoms with Crippen molar-refractivity contribution in [3.63, 3.8) is 0 Å². The van der Waals surface area contributed by atoms with E-state index >= 15 is 0 Å². The predicted molar refractivity (Wildman–Crippen MR) is 476 cm³/mol. The fraction of sp³-hybridized carbons (Fsp3) is 0.412. The monoisotopic (exact) mass is 1640 g/mol. The molecule has 6 aliphatic heterocycles. The maximum atomic E-state index is 13.8. The molecule has 2 unspecified atom stereocenters. The van der Waals surface area contributed by atoms with E-state index in [4.69, 9.17) is 24.6 Å². The van der Waals surface area contributed by atoms with Crippen molar-refractivity contribution < 1.29 is 48.1 Å². The smallest absolute Gasteiger partial charge is 0.407 e. The predicted octanol–water partition coefficient (Wildman–Crippen LogP) is 14.3. The van der Waals surface area contributed by atoms with E-state index in [-0.39, 0.29) is 126 Å². The molecule has 7 atom stereocenters. The summed E-state index contributed by atoms with van der Waals surface area (Å²) in [5.74, 6) is -1.80. The number of likely N-dealkylation sites (tertiary alicyclic amines) is 2. The first-order valence-electron chi connectivity index (χ1n) is 37.7. The summed E-state index contributed by atoms with van der Waals surface area (Å²) < 4.78 is 13.8. The second-order valence-corrected chi connectivity index (χ2v) is 30.1. The summed E-state index contributed by atoms with van der Waals surface area (Å²) in [6.45, 7) is 18.0. The number of pyridine rings is 2. The Morgan fingerprint density at radius 3 is 1.24 bits per heavy atom. The number of carbonyl (C=O) groups excluding carboxylic acids is 5. The first-order chi connectivity index (χ1) is 51.9. The third-order valence-electron chi connectivity index (χ3n) is 22.0. The number of methoxy groups -OCH3 is 3. The van der Waals surface area contributed by atoms with E-state index in [9.17, 15) is 38.4 Å². The maximum absolute atomic E-state index is 13.8. The van der Waals surface area contributed by atoms with Gasteiger partial charge in [-0.3, -0.25) is 29.2 Å². The summed E-state index contributed by atoms with van der Waals surface area (Å²) in [5, 5.41) is 29.3. The number of hydrogen-bond donors (Lipinski definition) is 8. The van der Waals surface area contributed by atoms with E-state index in [0.717, 1.165) is 124 Å². The number of ether oxygens (including phenoxy) is 3. The fourth-order valence-corrected chi connectivity index (χ4v) is 15.8. The third-order valence-corrected chi connectivity index (χ3v) is 22.0. The normalized spacial score (nSPS) is 18.3. The number of nitrogens with zero attached hydrogens (tertiary/aromatic N) is 4. The van der Waals surface area contributed by atoms with Gasteiger partial charge in [0.05, 0.1) is 44.4 Å².